The predicted octanol–water partition coefficient (Wildman–Crippen LogP) is 3.39. The van der Waals surface area contributed by atoms with Crippen molar-refractivity contribution in [2.24, 2.45) is 5.73 Å². The second kappa shape index (κ2) is 5.77. The van der Waals surface area contributed by atoms with E-state index in [2.05, 4.69) is 14.9 Å². The normalized spacial score (nSPS) is 16.5. The highest BCUT2D eigenvalue weighted by molar-refractivity contribution is 5.85. The van der Waals surface area contributed by atoms with Gasteiger partial charge >= 0.3 is 6.36 Å². The Hall–Kier alpha value is -1.80. The molecule has 22 heavy (non-hydrogen) atoms. The van der Waals surface area contributed by atoms with Crippen LogP contribution in [0, 0.1) is 0 Å². The second-order valence-electron chi connectivity index (χ2n) is 5.01. The number of aromatic nitrogens is 2. The van der Waals surface area contributed by atoms with Gasteiger partial charge in [-0.2, -0.15) is 4.98 Å². The van der Waals surface area contributed by atoms with E-state index < -0.39 is 11.9 Å². The standard InChI is InChI=1S/C13H12F3N3O2.ClH/c14-13(15,16)20-9-4-2-8(3-5-9)10-18-11(19-21-10)12(17)6-1-7-12;/h2-5H,1,6-7,17H2;1H. The van der Waals surface area contributed by atoms with Gasteiger partial charge in [0.2, 0.25) is 0 Å². The molecule has 1 fully saturated rings. The molecule has 1 saturated carbocycles. The van der Waals surface area contributed by atoms with Crippen LogP contribution in [0.25, 0.3) is 11.5 Å². The molecule has 1 aliphatic rings. The molecule has 0 bridgehead atoms. The Balaban J connectivity index is 0.00000176. The molecule has 9 heteroatoms. The van der Waals surface area contributed by atoms with Crippen LogP contribution in [0.3, 0.4) is 0 Å². The molecule has 5 nitrogen and oxygen atoms in total. The number of ether oxygens (including phenoxy) is 1. The molecule has 0 spiro atoms. The Morgan fingerprint density at radius 3 is 2.32 bits per heavy atom. The summed E-state index contributed by atoms with van der Waals surface area (Å²) in [6.07, 6.45) is -2.10. The molecule has 0 saturated heterocycles. The first kappa shape index (κ1) is 16.6. The summed E-state index contributed by atoms with van der Waals surface area (Å²) < 4.78 is 45.1. The average Bonchev–Trinajstić information content (AvgIpc) is 2.85. The van der Waals surface area contributed by atoms with Crippen molar-refractivity contribution in [3.8, 4) is 17.2 Å². The molecule has 1 aliphatic carbocycles. The fraction of sp³-hybridized carbons (Fsp3) is 0.385. The van der Waals surface area contributed by atoms with Gasteiger partial charge in [-0.15, -0.1) is 25.6 Å². The number of rotatable bonds is 3. The van der Waals surface area contributed by atoms with Crippen molar-refractivity contribution in [1.82, 2.24) is 10.1 Å². The lowest BCUT2D eigenvalue weighted by Crippen LogP contribution is -2.44. The van der Waals surface area contributed by atoms with E-state index in [4.69, 9.17) is 10.3 Å². The van der Waals surface area contributed by atoms with Crippen molar-refractivity contribution >= 4 is 12.4 Å². The van der Waals surface area contributed by atoms with Crippen LogP contribution in [0.2, 0.25) is 0 Å². The molecule has 3 rings (SSSR count). The van der Waals surface area contributed by atoms with Crippen molar-refractivity contribution in [2.75, 3.05) is 0 Å². The van der Waals surface area contributed by atoms with Gasteiger partial charge in [0.05, 0.1) is 5.54 Å². The Morgan fingerprint density at radius 1 is 1.18 bits per heavy atom. The summed E-state index contributed by atoms with van der Waals surface area (Å²) in [7, 11) is 0. The van der Waals surface area contributed by atoms with Crippen molar-refractivity contribution in [2.45, 2.75) is 31.2 Å². The third kappa shape index (κ3) is 3.33. The fourth-order valence-electron chi connectivity index (χ4n) is 2.12. The van der Waals surface area contributed by atoms with Gasteiger partial charge < -0.3 is 15.0 Å². The lowest BCUT2D eigenvalue weighted by Gasteiger charge is -2.34. The molecule has 2 aromatic rings. The Bertz CT molecular complexity index is 639. The topological polar surface area (TPSA) is 74.2 Å². The summed E-state index contributed by atoms with van der Waals surface area (Å²) in [5.41, 5.74) is 6.04. The van der Waals surface area contributed by atoms with E-state index in [0.29, 0.717) is 11.4 Å². The van der Waals surface area contributed by atoms with Crippen LogP contribution in [0.5, 0.6) is 5.75 Å². The summed E-state index contributed by atoms with van der Waals surface area (Å²) in [6.45, 7) is 0. The molecule has 1 heterocycles. The minimum absolute atomic E-state index is 0. The zero-order chi connectivity index (χ0) is 15.1. The van der Waals surface area contributed by atoms with Crippen LogP contribution in [0.15, 0.2) is 28.8 Å². The lowest BCUT2D eigenvalue weighted by atomic mass is 9.77. The first-order valence-electron chi connectivity index (χ1n) is 6.35. The van der Waals surface area contributed by atoms with Crippen LogP contribution in [-0.2, 0) is 5.54 Å². The molecule has 0 unspecified atom stereocenters. The SMILES string of the molecule is Cl.NC1(c2noc(-c3ccc(OC(F)(F)F)cc3)n2)CCC1. The van der Waals surface area contributed by atoms with E-state index in [1.807, 2.05) is 0 Å². The highest BCUT2D eigenvalue weighted by atomic mass is 35.5. The number of benzene rings is 1. The molecule has 0 aliphatic heterocycles. The quantitative estimate of drug-likeness (QED) is 0.930. The highest BCUT2D eigenvalue weighted by Gasteiger charge is 2.39. The van der Waals surface area contributed by atoms with Gasteiger partial charge in [0.15, 0.2) is 5.82 Å². The molecule has 1 aromatic carbocycles. The van der Waals surface area contributed by atoms with Gasteiger partial charge in [-0.1, -0.05) is 5.16 Å². The Morgan fingerprint density at radius 2 is 1.82 bits per heavy atom. The van der Waals surface area contributed by atoms with Gasteiger partial charge in [-0.3, -0.25) is 0 Å². The maximum absolute atomic E-state index is 12.1. The van der Waals surface area contributed by atoms with Gasteiger partial charge in [-0.05, 0) is 43.5 Å². The molecule has 2 N–H and O–H groups in total. The zero-order valence-corrected chi connectivity index (χ0v) is 12.1. The van der Waals surface area contributed by atoms with Crippen LogP contribution in [-0.4, -0.2) is 16.5 Å². The van der Waals surface area contributed by atoms with Crippen molar-refractivity contribution < 1.29 is 22.4 Å². The van der Waals surface area contributed by atoms with Gasteiger partial charge in [0, 0.05) is 5.56 Å². The van der Waals surface area contributed by atoms with Gasteiger partial charge in [-0.25, -0.2) is 0 Å². The second-order valence-corrected chi connectivity index (χ2v) is 5.01. The maximum Gasteiger partial charge on any atom is 0.573 e. The van der Waals surface area contributed by atoms with E-state index in [0.717, 1.165) is 19.3 Å². The molecule has 0 atom stereocenters. The average molecular weight is 336 g/mol. The fourth-order valence-corrected chi connectivity index (χ4v) is 2.12. The number of nitrogens with zero attached hydrogens (tertiary/aromatic N) is 2. The minimum Gasteiger partial charge on any atom is -0.406 e. The molecule has 120 valence electrons. The molecule has 0 radical (unpaired) electrons. The third-order valence-corrected chi connectivity index (χ3v) is 3.45. The molecule has 1 aromatic heterocycles. The van der Waals surface area contributed by atoms with Crippen molar-refractivity contribution in [3.63, 3.8) is 0 Å². The van der Waals surface area contributed by atoms with Crippen LogP contribution in [0.1, 0.15) is 25.1 Å². The van der Waals surface area contributed by atoms with Crippen LogP contribution in [0.4, 0.5) is 13.2 Å². The van der Waals surface area contributed by atoms with E-state index in [-0.39, 0.29) is 24.0 Å². The smallest absolute Gasteiger partial charge is 0.406 e. The summed E-state index contributed by atoms with van der Waals surface area (Å²) >= 11 is 0. The Labute approximate surface area is 130 Å². The predicted molar refractivity (Wildman–Crippen MR) is 73.4 cm³/mol. The maximum atomic E-state index is 12.1. The Kier molecular flexibility index (Phi) is 4.35. The zero-order valence-electron chi connectivity index (χ0n) is 11.3. The van der Waals surface area contributed by atoms with Crippen LogP contribution >= 0.6 is 12.4 Å². The molecular weight excluding hydrogens is 323 g/mol. The highest BCUT2D eigenvalue weighted by Crippen LogP contribution is 2.37. The summed E-state index contributed by atoms with van der Waals surface area (Å²) in [5.74, 6) is 0.347. The van der Waals surface area contributed by atoms with Gasteiger partial charge in [0.1, 0.15) is 5.75 Å². The first-order valence-corrected chi connectivity index (χ1v) is 6.35. The van der Waals surface area contributed by atoms with Gasteiger partial charge in [0.25, 0.3) is 5.89 Å². The van der Waals surface area contributed by atoms with E-state index >= 15 is 0 Å². The molecule has 0 amide bonds. The first-order chi connectivity index (χ1) is 9.86. The number of halogens is 4. The van der Waals surface area contributed by atoms with Crippen molar-refractivity contribution in [3.05, 3.63) is 30.1 Å². The summed E-state index contributed by atoms with van der Waals surface area (Å²) in [4.78, 5) is 4.21. The van der Waals surface area contributed by atoms with Crippen LogP contribution < -0.4 is 10.5 Å². The largest absolute Gasteiger partial charge is 0.573 e. The minimum atomic E-state index is -4.71. The lowest BCUT2D eigenvalue weighted by molar-refractivity contribution is -0.274. The number of alkyl halides is 3. The van der Waals surface area contributed by atoms with Crippen molar-refractivity contribution in [1.29, 1.82) is 0 Å². The number of nitrogens with two attached hydrogens (primary N) is 1. The summed E-state index contributed by atoms with van der Waals surface area (Å²) in [5, 5.41) is 3.85. The third-order valence-electron chi connectivity index (χ3n) is 3.45. The number of hydrogen-bond donors (Lipinski definition) is 1. The van der Waals surface area contributed by atoms with E-state index in [1.54, 1.807) is 0 Å². The molecular formula is C13H13ClF3N3O2. The summed E-state index contributed by atoms with van der Waals surface area (Å²) in [6, 6.07) is 5.22. The van der Waals surface area contributed by atoms with E-state index in [9.17, 15) is 13.2 Å². The number of hydrogen-bond acceptors (Lipinski definition) is 5. The van der Waals surface area contributed by atoms with E-state index in [1.165, 1.54) is 24.3 Å². The monoisotopic (exact) mass is 335 g/mol.